The second kappa shape index (κ2) is 5.51. The van der Waals surface area contributed by atoms with E-state index >= 15 is 0 Å². The van der Waals surface area contributed by atoms with Crippen molar-refractivity contribution in [3.8, 4) is 0 Å². The molecular formula is C17H23N3O. The van der Waals surface area contributed by atoms with Crippen LogP contribution in [-0.2, 0) is 11.3 Å². The van der Waals surface area contributed by atoms with Crippen molar-refractivity contribution in [3.63, 3.8) is 0 Å². The van der Waals surface area contributed by atoms with E-state index in [9.17, 15) is 4.79 Å². The number of hydrogen-bond donors (Lipinski definition) is 1. The van der Waals surface area contributed by atoms with Crippen LogP contribution >= 0.6 is 0 Å². The lowest BCUT2D eigenvalue weighted by atomic mass is 10.1. The van der Waals surface area contributed by atoms with Crippen LogP contribution in [0.25, 0.3) is 11.0 Å². The highest BCUT2D eigenvalue weighted by Crippen LogP contribution is 2.21. The standard InChI is InChI=1S/C17H23N3O/c1-11-8-15-16(9-12(11)2)20(13(3)18-15)10-17(21)19-14-6-4-5-7-14/h8-9,14H,4-7,10H2,1-3H3,(H,19,21). The van der Waals surface area contributed by atoms with E-state index in [-0.39, 0.29) is 5.91 Å². The summed E-state index contributed by atoms with van der Waals surface area (Å²) in [5.74, 6) is 0.999. The fourth-order valence-corrected chi connectivity index (χ4v) is 3.19. The number of hydrogen-bond acceptors (Lipinski definition) is 2. The Morgan fingerprint density at radius 3 is 2.62 bits per heavy atom. The summed E-state index contributed by atoms with van der Waals surface area (Å²) in [6.07, 6.45) is 4.70. The predicted octanol–water partition coefficient (Wildman–Crippen LogP) is 3.02. The maximum Gasteiger partial charge on any atom is 0.240 e. The van der Waals surface area contributed by atoms with E-state index < -0.39 is 0 Å². The normalized spacial score (nSPS) is 15.8. The fourth-order valence-electron chi connectivity index (χ4n) is 3.19. The maximum absolute atomic E-state index is 12.3. The number of nitrogens with zero attached hydrogens (tertiary/aromatic N) is 2. The van der Waals surface area contributed by atoms with Crippen LogP contribution in [0.3, 0.4) is 0 Å². The van der Waals surface area contributed by atoms with Gasteiger partial charge in [0.2, 0.25) is 5.91 Å². The van der Waals surface area contributed by atoms with E-state index in [1.165, 1.54) is 24.0 Å². The molecule has 2 aromatic rings. The van der Waals surface area contributed by atoms with Gasteiger partial charge in [-0.1, -0.05) is 12.8 Å². The largest absolute Gasteiger partial charge is 0.352 e. The van der Waals surface area contributed by atoms with Crippen LogP contribution in [0.1, 0.15) is 42.6 Å². The molecule has 112 valence electrons. The quantitative estimate of drug-likeness (QED) is 0.942. The third-order valence-electron chi connectivity index (χ3n) is 4.58. The SMILES string of the molecule is Cc1cc2nc(C)n(CC(=O)NC3CCCC3)c2cc1C. The first-order valence-corrected chi connectivity index (χ1v) is 7.78. The minimum atomic E-state index is 0.0996. The Bertz CT molecular complexity index is 681. The average molecular weight is 285 g/mol. The number of amides is 1. The minimum Gasteiger partial charge on any atom is -0.352 e. The van der Waals surface area contributed by atoms with Crippen molar-refractivity contribution in [2.24, 2.45) is 0 Å². The molecule has 0 spiro atoms. The number of benzene rings is 1. The number of imidazole rings is 1. The Labute approximate surface area is 125 Å². The van der Waals surface area contributed by atoms with Crippen molar-refractivity contribution in [1.29, 1.82) is 0 Å². The lowest BCUT2D eigenvalue weighted by Crippen LogP contribution is -2.35. The molecule has 1 heterocycles. The van der Waals surface area contributed by atoms with Gasteiger partial charge in [-0.15, -0.1) is 0 Å². The van der Waals surface area contributed by atoms with Crippen molar-refractivity contribution in [3.05, 3.63) is 29.1 Å². The van der Waals surface area contributed by atoms with Crippen molar-refractivity contribution in [1.82, 2.24) is 14.9 Å². The zero-order chi connectivity index (χ0) is 15.0. The van der Waals surface area contributed by atoms with Crippen LogP contribution in [0.2, 0.25) is 0 Å². The van der Waals surface area contributed by atoms with Gasteiger partial charge < -0.3 is 9.88 Å². The van der Waals surface area contributed by atoms with Gasteiger partial charge >= 0.3 is 0 Å². The Morgan fingerprint density at radius 2 is 1.90 bits per heavy atom. The predicted molar refractivity (Wildman–Crippen MR) is 84.3 cm³/mol. The topological polar surface area (TPSA) is 46.9 Å². The van der Waals surface area contributed by atoms with Crippen LogP contribution in [0, 0.1) is 20.8 Å². The number of nitrogens with one attached hydrogen (secondary N) is 1. The highest BCUT2D eigenvalue weighted by molar-refractivity contribution is 5.82. The molecule has 0 unspecified atom stereocenters. The third kappa shape index (κ3) is 2.80. The van der Waals surface area contributed by atoms with Crippen LogP contribution in [0.4, 0.5) is 0 Å². The number of aryl methyl sites for hydroxylation is 3. The van der Waals surface area contributed by atoms with Gasteiger partial charge in [0.15, 0.2) is 0 Å². The highest BCUT2D eigenvalue weighted by Gasteiger charge is 2.18. The molecule has 1 aliphatic rings. The zero-order valence-corrected chi connectivity index (χ0v) is 13.1. The fraction of sp³-hybridized carbons (Fsp3) is 0.529. The van der Waals surface area contributed by atoms with E-state index in [0.717, 1.165) is 29.7 Å². The van der Waals surface area contributed by atoms with Crippen molar-refractivity contribution >= 4 is 16.9 Å². The molecule has 1 aromatic heterocycles. The Hall–Kier alpha value is -1.84. The molecule has 1 amide bonds. The average Bonchev–Trinajstić information content (AvgIpc) is 3.01. The summed E-state index contributed by atoms with van der Waals surface area (Å²) in [6, 6.07) is 4.60. The first-order valence-electron chi connectivity index (χ1n) is 7.78. The van der Waals surface area contributed by atoms with Gasteiger partial charge in [0, 0.05) is 6.04 Å². The van der Waals surface area contributed by atoms with Crippen LogP contribution in [0.15, 0.2) is 12.1 Å². The van der Waals surface area contributed by atoms with Crippen LogP contribution in [-0.4, -0.2) is 21.5 Å². The number of carbonyl (C=O) groups excluding carboxylic acids is 1. The number of rotatable bonds is 3. The van der Waals surface area contributed by atoms with Gasteiger partial charge in [-0.3, -0.25) is 4.79 Å². The maximum atomic E-state index is 12.3. The summed E-state index contributed by atoms with van der Waals surface area (Å²) >= 11 is 0. The zero-order valence-electron chi connectivity index (χ0n) is 13.1. The molecule has 0 radical (unpaired) electrons. The first kappa shape index (κ1) is 14.1. The van der Waals surface area contributed by atoms with E-state index in [1.807, 2.05) is 11.5 Å². The second-order valence-corrected chi connectivity index (χ2v) is 6.22. The Morgan fingerprint density at radius 1 is 1.24 bits per heavy atom. The molecule has 0 aliphatic heterocycles. The van der Waals surface area contributed by atoms with Gasteiger partial charge in [0.1, 0.15) is 12.4 Å². The van der Waals surface area contributed by atoms with Crippen molar-refractivity contribution in [2.45, 2.75) is 59.0 Å². The molecule has 3 rings (SSSR count). The highest BCUT2D eigenvalue weighted by atomic mass is 16.2. The smallest absolute Gasteiger partial charge is 0.240 e. The summed E-state index contributed by atoms with van der Waals surface area (Å²) in [5, 5.41) is 3.15. The molecule has 0 saturated heterocycles. The van der Waals surface area contributed by atoms with E-state index in [4.69, 9.17) is 0 Å². The molecule has 1 N–H and O–H groups in total. The molecular weight excluding hydrogens is 262 g/mol. The molecule has 4 nitrogen and oxygen atoms in total. The van der Waals surface area contributed by atoms with E-state index in [0.29, 0.717) is 12.6 Å². The van der Waals surface area contributed by atoms with Crippen molar-refractivity contribution < 1.29 is 4.79 Å². The summed E-state index contributed by atoms with van der Waals surface area (Å²) in [6.45, 7) is 6.52. The molecule has 1 fully saturated rings. The third-order valence-corrected chi connectivity index (χ3v) is 4.58. The molecule has 0 atom stereocenters. The second-order valence-electron chi connectivity index (χ2n) is 6.22. The summed E-state index contributed by atoms with van der Waals surface area (Å²) in [5.41, 5.74) is 4.50. The van der Waals surface area contributed by atoms with Crippen LogP contribution in [0.5, 0.6) is 0 Å². The van der Waals surface area contributed by atoms with Gasteiger partial charge in [0.25, 0.3) is 0 Å². The Kier molecular flexibility index (Phi) is 3.70. The number of fused-ring (bicyclic) bond motifs is 1. The number of aromatic nitrogens is 2. The summed E-state index contributed by atoms with van der Waals surface area (Å²) < 4.78 is 2.02. The molecule has 4 heteroatoms. The summed E-state index contributed by atoms with van der Waals surface area (Å²) in [7, 11) is 0. The Balaban J connectivity index is 1.84. The lowest BCUT2D eigenvalue weighted by Gasteiger charge is -2.13. The summed E-state index contributed by atoms with van der Waals surface area (Å²) in [4.78, 5) is 16.8. The van der Waals surface area contributed by atoms with Crippen LogP contribution < -0.4 is 5.32 Å². The van der Waals surface area contributed by atoms with E-state index in [1.54, 1.807) is 0 Å². The van der Waals surface area contributed by atoms with Gasteiger partial charge in [-0.2, -0.15) is 0 Å². The minimum absolute atomic E-state index is 0.0996. The monoisotopic (exact) mass is 285 g/mol. The van der Waals surface area contributed by atoms with Gasteiger partial charge in [-0.05, 0) is 56.9 Å². The van der Waals surface area contributed by atoms with E-state index in [2.05, 4.69) is 36.3 Å². The lowest BCUT2D eigenvalue weighted by molar-refractivity contribution is -0.122. The molecule has 0 bridgehead atoms. The number of carbonyl (C=O) groups is 1. The first-order chi connectivity index (χ1) is 10.0. The molecule has 1 aliphatic carbocycles. The van der Waals surface area contributed by atoms with Crippen molar-refractivity contribution in [2.75, 3.05) is 0 Å². The van der Waals surface area contributed by atoms with Gasteiger partial charge in [-0.25, -0.2) is 4.98 Å². The molecule has 1 aromatic carbocycles. The van der Waals surface area contributed by atoms with Gasteiger partial charge in [0.05, 0.1) is 11.0 Å². The molecule has 1 saturated carbocycles. The molecule has 21 heavy (non-hydrogen) atoms.